The van der Waals surface area contributed by atoms with E-state index in [-0.39, 0.29) is 5.62 Å². The standard InChI is InChI=1S/C11H16Cl3N2OP/c12-6-8-16(9-7-13)18(17,10-14)15-11-4-2-1-3-5-11/h1-5H,6-10H2,(H,15,17). The molecule has 0 aliphatic heterocycles. The average molecular weight is 330 g/mol. The van der Waals surface area contributed by atoms with E-state index in [0.717, 1.165) is 5.69 Å². The van der Waals surface area contributed by atoms with Crippen LogP contribution in [0.2, 0.25) is 0 Å². The Bertz CT molecular complexity index is 385. The van der Waals surface area contributed by atoms with Crippen LogP contribution in [0.1, 0.15) is 0 Å². The second-order valence-electron chi connectivity index (χ2n) is 3.63. The van der Waals surface area contributed by atoms with Crippen LogP contribution in [-0.2, 0) is 4.57 Å². The second-order valence-corrected chi connectivity index (χ2v) is 7.54. The van der Waals surface area contributed by atoms with Crippen LogP contribution in [0.3, 0.4) is 0 Å². The van der Waals surface area contributed by atoms with Crippen molar-refractivity contribution in [1.82, 2.24) is 4.67 Å². The lowest BCUT2D eigenvalue weighted by Crippen LogP contribution is -2.28. The van der Waals surface area contributed by atoms with Crippen LogP contribution in [0.25, 0.3) is 0 Å². The van der Waals surface area contributed by atoms with E-state index < -0.39 is 7.44 Å². The van der Waals surface area contributed by atoms with Crippen molar-refractivity contribution in [3.63, 3.8) is 0 Å². The minimum atomic E-state index is -2.89. The molecule has 1 rings (SSSR count). The Hall–Kier alpha value is 0.0800. The van der Waals surface area contributed by atoms with Crippen molar-refractivity contribution in [2.45, 2.75) is 0 Å². The van der Waals surface area contributed by atoms with Crippen molar-refractivity contribution in [2.75, 3.05) is 35.6 Å². The maximum absolute atomic E-state index is 12.8. The van der Waals surface area contributed by atoms with Gasteiger partial charge in [0, 0.05) is 30.5 Å². The molecule has 0 spiro atoms. The second kappa shape index (κ2) is 8.29. The van der Waals surface area contributed by atoms with Crippen LogP contribution in [0, 0.1) is 0 Å². The fraction of sp³-hybridized carbons (Fsp3) is 0.455. The van der Waals surface area contributed by atoms with E-state index in [9.17, 15) is 4.57 Å². The minimum Gasteiger partial charge on any atom is -0.324 e. The number of hydrogen-bond donors (Lipinski definition) is 1. The fourth-order valence-electron chi connectivity index (χ4n) is 1.52. The highest BCUT2D eigenvalue weighted by Gasteiger charge is 2.28. The van der Waals surface area contributed by atoms with Gasteiger partial charge in [0.05, 0.1) is 0 Å². The van der Waals surface area contributed by atoms with Gasteiger partial charge in [-0.2, -0.15) is 0 Å². The van der Waals surface area contributed by atoms with Gasteiger partial charge in [0.25, 0.3) is 7.44 Å². The zero-order chi connectivity index (χ0) is 13.4. The van der Waals surface area contributed by atoms with E-state index in [1.807, 2.05) is 30.3 Å². The molecule has 0 saturated heterocycles. The first-order chi connectivity index (χ1) is 8.66. The van der Waals surface area contributed by atoms with Gasteiger partial charge >= 0.3 is 0 Å². The Kier molecular flexibility index (Phi) is 7.43. The highest BCUT2D eigenvalue weighted by molar-refractivity contribution is 7.64. The number of benzene rings is 1. The molecule has 0 saturated carbocycles. The predicted octanol–water partition coefficient (Wildman–Crippen LogP) is 4.27. The molecule has 7 heteroatoms. The highest BCUT2D eigenvalue weighted by atomic mass is 35.5. The summed E-state index contributed by atoms with van der Waals surface area (Å²) in [5.41, 5.74) is 0.783. The van der Waals surface area contributed by atoms with Gasteiger partial charge in [-0.1, -0.05) is 18.2 Å². The van der Waals surface area contributed by atoms with Crippen LogP contribution in [-0.4, -0.2) is 35.1 Å². The summed E-state index contributed by atoms with van der Waals surface area (Å²) in [5.74, 6) is 0.766. The maximum atomic E-state index is 12.8. The first-order valence-electron chi connectivity index (χ1n) is 5.52. The van der Waals surface area contributed by atoms with Crippen LogP contribution in [0.4, 0.5) is 5.69 Å². The van der Waals surface area contributed by atoms with Gasteiger partial charge in [-0.05, 0) is 12.1 Å². The van der Waals surface area contributed by atoms with Gasteiger partial charge in [-0.15, -0.1) is 34.8 Å². The molecule has 0 aliphatic carbocycles. The van der Waals surface area contributed by atoms with E-state index in [2.05, 4.69) is 5.09 Å². The molecule has 1 atom stereocenters. The molecule has 1 aromatic rings. The van der Waals surface area contributed by atoms with Crippen molar-refractivity contribution in [2.24, 2.45) is 0 Å². The fourth-order valence-corrected chi connectivity index (χ4v) is 4.55. The normalized spacial score (nSPS) is 14.4. The smallest absolute Gasteiger partial charge is 0.251 e. The Morgan fingerprint density at radius 3 is 2.06 bits per heavy atom. The van der Waals surface area contributed by atoms with Crippen LogP contribution < -0.4 is 5.09 Å². The number of alkyl halides is 3. The number of halogens is 3. The minimum absolute atomic E-state index is 0.00960. The number of anilines is 1. The Labute approximate surface area is 123 Å². The molecular weight excluding hydrogens is 313 g/mol. The van der Waals surface area contributed by atoms with Crippen molar-refractivity contribution in [1.29, 1.82) is 0 Å². The van der Waals surface area contributed by atoms with Crippen LogP contribution in [0.5, 0.6) is 0 Å². The first kappa shape index (κ1) is 16.1. The third-order valence-electron chi connectivity index (χ3n) is 2.38. The molecule has 102 valence electrons. The van der Waals surface area contributed by atoms with Crippen LogP contribution in [0.15, 0.2) is 30.3 Å². The summed E-state index contributed by atoms with van der Waals surface area (Å²) in [6.07, 6.45) is 0. The molecule has 0 radical (unpaired) electrons. The number of para-hydroxylation sites is 1. The molecule has 0 fully saturated rings. The highest BCUT2D eigenvalue weighted by Crippen LogP contribution is 2.49. The summed E-state index contributed by atoms with van der Waals surface area (Å²) in [5, 5.41) is 3.01. The molecule has 1 aromatic carbocycles. The average Bonchev–Trinajstić information content (AvgIpc) is 2.39. The maximum Gasteiger partial charge on any atom is 0.251 e. The SMILES string of the molecule is O=P(CCl)(Nc1ccccc1)N(CCCl)CCCl. The molecule has 0 aromatic heterocycles. The van der Waals surface area contributed by atoms with Gasteiger partial charge in [-0.3, -0.25) is 4.57 Å². The van der Waals surface area contributed by atoms with Crippen LogP contribution >= 0.6 is 42.2 Å². The predicted molar refractivity (Wildman–Crippen MR) is 81.4 cm³/mol. The monoisotopic (exact) mass is 328 g/mol. The summed E-state index contributed by atoms with van der Waals surface area (Å²) in [4.78, 5) is 0. The third-order valence-corrected chi connectivity index (χ3v) is 5.94. The molecule has 3 nitrogen and oxygen atoms in total. The number of nitrogens with zero attached hydrogens (tertiary/aromatic N) is 1. The van der Waals surface area contributed by atoms with Crippen molar-refractivity contribution in [3.8, 4) is 0 Å². The topological polar surface area (TPSA) is 32.3 Å². The first-order valence-corrected chi connectivity index (χ1v) is 8.97. The van der Waals surface area contributed by atoms with E-state index in [0.29, 0.717) is 24.8 Å². The lowest BCUT2D eigenvalue weighted by molar-refractivity contribution is 0.453. The summed E-state index contributed by atoms with van der Waals surface area (Å²) in [7, 11) is -2.89. The lowest BCUT2D eigenvalue weighted by atomic mass is 10.3. The van der Waals surface area contributed by atoms with E-state index in [1.165, 1.54) is 0 Å². The third kappa shape index (κ3) is 4.64. The Morgan fingerprint density at radius 2 is 1.61 bits per heavy atom. The Morgan fingerprint density at radius 1 is 1.06 bits per heavy atom. The van der Waals surface area contributed by atoms with Gasteiger partial charge in [0.2, 0.25) is 0 Å². The molecule has 1 N–H and O–H groups in total. The molecule has 0 aliphatic rings. The number of nitrogens with one attached hydrogen (secondary N) is 1. The molecular formula is C11H16Cl3N2OP. The van der Waals surface area contributed by atoms with E-state index in [4.69, 9.17) is 34.8 Å². The lowest BCUT2D eigenvalue weighted by Gasteiger charge is -2.30. The van der Waals surface area contributed by atoms with Gasteiger partial charge in [0.15, 0.2) is 0 Å². The zero-order valence-electron chi connectivity index (χ0n) is 9.86. The summed E-state index contributed by atoms with van der Waals surface area (Å²) in [6.45, 7) is 0.968. The van der Waals surface area contributed by atoms with Crippen molar-refractivity contribution in [3.05, 3.63) is 30.3 Å². The summed E-state index contributed by atoms with van der Waals surface area (Å²) >= 11 is 17.3. The van der Waals surface area contributed by atoms with E-state index in [1.54, 1.807) is 4.67 Å². The van der Waals surface area contributed by atoms with Gasteiger partial charge in [0.1, 0.15) is 5.62 Å². The molecule has 1 unspecified atom stereocenters. The van der Waals surface area contributed by atoms with E-state index >= 15 is 0 Å². The van der Waals surface area contributed by atoms with Gasteiger partial charge in [-0.25, -0.2) is 4.67 Å². The van der Waals surface area contributed by atoms with Gasteiger partial charge < -0.3 is 5.09 Å². The number of hydrogen-bond acceptors (Lipinski definition) is 1. The quantitative estimate of drug-likeness (QED) is 0.571. The summed E-state index contributed by atoms with van der Waals surface area (Å²) < 4.78 is 14.5. The Balaban J connectivity index is 2.85. The molecule has 0 bridgehead atoms. The molecule has 18 heavy (non-hydrogen) atoms. The molecule has 0 amide bonds. The number of rotatable bonds is 8. The largest absolute Gasteiger partial charge is 0.324 e. The van der Waals surface area contributed by atoms with Crippen molar-refractivity contribution >= 4 is 47.9 Å². The zero-order valence-corrected chi connectivity index (χ0v) is 13.0. The summed E-state index contributed by atoms with van der Waals surface area (Å²) in [6, 6.07) is 9.33. The van der Waals surface area contributed by atoms with Crippen molar-refractivity contribution < 1.29 is 4.57 Å². The molecule has 0 heterocycles.